The van der Waals surface area contributed by atoms with Gasteiger partial charge in [-0.2, -0.15) is 26.3 Å². The van der Waals surface area contributed by atoms with Crippen molar-refractivity contribution >= 4 is 5.69 Å². The molecule has 9 heteroatoms. The zero-order valence-corrected chi connectivity index (χ0v) is 13.4. The molecule has 0 fully saturated rings. The van der Waals surface area contributed by atoms with Crippen LogP contribution < -0.4 is 10.1 Å². The van der Waals surface area contributed by atoms with Crippen molar-refractivity contribution in [3.05, 3.63) is 59.7 Å². The Balaban J connectivity index is 2.08. The Morgan fingerprint density at radius 3 is 2.23 bits per heavy atom. The van der Waals surface area contributed by atoms with Gasteiger partial charge in [0.05, 0.1) is 5.56 Å². The van der Waals surface area contributed by atoms with E-state index in [0.717, 1.165) is 12.1 Å². The van der Waals surface area contributed by atoms with Gasteiger partial charge in [-0.05, 0) is 36.8 Å². The van der Waals surface area contributed by atoms with Crippen molar-refractivity contribution in [2.75, 3.05) is 5.32 Å². The lowest BCUT2D eigenvalue weighted by Gasteiger charge is -2.28. The highest BCUT2D eigenvalue weighted by Gasteiger charge is 2.50. The molecule has 0 amide bonds. The molecule has 26 heavy (non-hydrogen) atoms. The Morgan fingerprint density at radius 1 is 0.962 bits per heavy atom. The lowest BCUT2D eigenvalue weighted by molar-refractivity contribution is -0.240. The van der Waals surface area contributed by atoms with Crippen molar-refractivity contribution in [2.24, 2.45) is 0 Å². The fourth-order valence-corrected chi connectivity index (χ4v) is 2.02. The summed E-state index contributed by atoms with van der Waals surface area (Å²) in [6.45, 7) is 0.353. The van der Waals surface area contributed by atoms with Gasteiger partial charge in [0.1, 0.15) is 12.4 Å². The number of aliphatic hydroxyl groups is 1. The van der Waals surface area contributed by atoms with Crippen LogP contribution in [0.25, 0.3) is 0 Å². The highest BCUT2D eigenvalue weighted by Crippen LogP contribution is 2.32. The topological polar surface area (TPSA) is 41.5 Å². The largest absolute Gasteiger partial charge is 0.489 e. The zero-order valence-electron chi connectivity index (χ0n) is 13.4. The Labute approximate surface area is 145 Å². The van der Waals surface area contributed by atoms with Crippen molar-refractivity contribution in [3.63, 3.8) is 0 Å². The number of benzene rings is 2. The van der Waals surface area contributed by atoms with Gasteiger partial charge < -0.3 is 15.2 Å². The molecule has 1 atom stereocenters. The fraction of sp³-hybridized carbons (Fsp3) is 0.294. The molecule has 0 aliphatic carbocycles. The number of halogens is 6. The third-order valence-electron chi connectivity index (χ3n) is 3.43. The molecule has 0 saturated heterocycles. The summed E-state index contributed by atoms with van der Waals surface area (Å²) < 4.78 is 81.4. The molecule has 2 aromatic rings. The van der Waals surface area contributed by atoms with Crippen molar-refractivity contribution in [2.45, 2.75) is 31.6 Å². The highest BCUT2D eigenvalue weighted by atomic mass is 19.4. The molecule has 0 radical (unpaired) electrons. The number of hydrogen-bond donors (Lipinski definition) is 2. The lowest BCUT2D eigenvalue weighted by atomic mass is 10.1. The third kappa shape index (κ3) is 5.04. The highest BCUT2D eigenvalue weighted by molar-refractivity contribution is 5.49. The first-order valence-corrected chi connectivity index (χ1v) is 7.35. The minimum atomic E-state index is -4.90. The van der Waals surface area contributed by atoms with E-state index in [0.29, 0.717) is 6.92 Å². The summed E-state index contributed by atoms with van der Waals surface area (Å²) in [4.78, 5) is 0. The first-order chi connectivity index (χ1) is 11.9. The number of rotatable bonds is 5. The van der Waals surface area contributed by atoms with E-state index in [1.54, 1.807) is 0 Å². The van der Waals surface area contributed by atoms with Gasteiger partial charge in [-0.3, -0.25) is 0 Å². The van der Waals surface area contributed by atoms with Gasteiger partial charge in [-0.1, -0.05) is 18.2 Å². The van der Waals surface area contributed by atoms with Gasteiger partial charge in [0.25, 0.3) is 0 Å². The van der Waals surface area contributed by atoms with E-state index in [1.165, 1.54) is 36.4 Å². The quantitative estimate of drug-likeness (QED) is 0.570. The number of alkyl halides is 6. The monoisotopic (exact) mass is 379 g/mol. The average Bonchev–Trinajstić information content (AvgIpc) is 2.51. The maximum Gasteiger partial charge on any atom is 0.436 e. The maximum atomic E-state index is 12.7. The van der Waals surface area contributed by atoms with Crippen LogP contribution in [0.4, 0.5) is 32.0 Å². The van der Waals surface area contributed by atoms with Gasteiger partial charge >= 0.3 is 12.4 Å². The lowest BCUT2D eigenvalue weighted by Crippen LogP contribution is -2.49. The molecule has 0 spiro atoms. The van der Waals surface area contributed by atoms with Gasteiger partial charge in [-0.25, -0.2) is 0 Å². The molecule has 0 heterocycles. The first kappa shape index (κ1) is 19.9. The van der Waals surface area contributed by atoms with Crippen LogP contribution in [-0.2, 0) is 12.8 Å². The van der Waals surface area contributed by atoms with Crippen LogP contribution >= 0.6 is 0 Å². The van der Waals surface area contributed by atoms with Crippen molar-refractivity contribution < 1.29 is 36.2 Å². The van der Waals surface area contributed by atoms with Crippen LogP contribution in [0.2, 0.25) is 0 Å². The second-order valence-corrected chi connectivity index (χ2v) is 5.71. The minimum Gasteiger partial charge on any atom is -0.489 e. The summed E-state index contributed by atoms with van der Waals surface area (Å²) >= 11 is 0. The Kier molecular flexibility index (Phi) is 5.41. The summed E-state index contributed by atoms with van der Waals surface area (Å²) in [7, 11) is 0. The van der Waals surface area contributed by atoms with Crippen molar-refractivity contribution in [1.82, 2.24) is 0 Å². The van der Waals surface area contributed by atoms with E-state index < -0.39 is 23.6 Å². The molecular formula is C17H15F6NO2. The number of anilines is 1. The molecule has 2 aromatic carbocycles. The number of hydrogen-bond acceptors (Lipinski definition) is 3. The second-order valence-electron chi connectivity index (χ2n) is 5.71. The molecule has 142 valence electrons. The summed E-state index contributed by atoms with van der Waals surface area (Å²) in [6, 6.07) is 9.83. The molecule has 3 nitrogen and oxygen atoms in total. The van der Waals surface area contributed by atoms with Crippen LogP contribution in [0.5, 0.6) is 5.75 Å². The molecule has 0 saturated carbocycles. The van der Waals surface area contributed by atoms with Gasteiger partial charge in [0.15, 0.2) is 0 Å². The van der Waals surface area contributed by atoms with Gasteiger partial charge in [0, 0.05) is 11.8 Å². The van der Waals surface area contributed by atoms with E-state index in [4.69, 9.17) is 4.74 Å². The molecule has 0 aromatic heterocycles. The van der Waals surface area contributed by atoms with Gasteiger partial charge in [0.2, 0.25) is 5.72 Å². The van der Waals surface area contributed by atoms with E-state index in [1.807, 2.05) is 5.32 Å². The summed E-state index contributed by atoms with van der Waals surface area (Å²) in [5, 5.41) is 11.4. The minimum absolute atomic E-state index is 0.0612. The predicted molar refractivity (Wildman–Crippen MR) is 82.5 cm³/mol. The molecular weight excluding hydrogens is 364 g/mol. The molecule has 2 N–H and O–H groups in total. The van der Waals surface area contributed by atoms with E-state index in [-0.39, 0.29) is 23.6 Å². The first-order valence-electron chi connectivity index (χ1n) is 7.35. The SMILES string of the molecule is CC(O)(Nc1cccc(OCc2cccc(C(F)(F)F)c2)c1)C(F)(F)F. The normalized spacial score (nSPS) is 14.6. The Hall–Kier alpha value is -2.42. The smallest absolute Gasteiger partial charge is 0.436 e. The van der Waals surface area contributed by atoms with E-state index >= 15 is 0 Å². The summed E-state index contributed by atoms with van der Waals surface area (Å²) in [6.07, 6.45) is -9.38. The van der Waals surface area contributed by atoms with Crippen molar-refractivity contribution in [1.29, 1.82) is 0 Å². The second kappa shape index (κ2) is 7.06. The Morgan fingerprint density at radius 2 is 1.62 bits per heavy atom. The number of ether oxygens (including phenoxy) is 1. The van der Waals surface area contributed by atoms with E-state index in [9.17, 15) is 31.4 Å². The average molecular weight is 379 g/mol. The van der Waals surface area contributed by atoms with E-state index in [2.05, 4.69) is 0 Å². The Bertz CT molecular complexity index is 755. The summed E-state index contributed by atoms with van der Waals surface area (Å²) in [5.74, 6) is 0.130. The molecule has 1 unspecified atom stereocenters. The molecule has 0 bridgehead atoms. The van der Waals surface area contributed by atoms with Gasteiger partial charge in [-0.15, -0.1) is 0 Å². The number of nitrogens with one attached hydrogen (secondary N) is 1. The van der Waals surface area contributed by atoms with Crippen LogP contribution in [0.15, 0.2) is 48.5 Å². The van der Waals surface area contributed by atoms with Crippen LogP contribution in [0.3, 0.4) is 0 Å². The van der Waals surface area contributed by atoms with Crippen molar-refractivity contribution in [3.8, 4) is 5.75 Å². The van der Waals surface area contributed by atoms with Crippen LogP contribution in [0.1, 0.15) is 18.1 Å². The molecule has 2 rings (SSSR count). The summed E-state index contributed by atoms with van der Waals surface area (Å²) in [5.41, 5.74) is -3.78. The molecule has 0 aliphatic heterocycles. The standard InChI is InChI=1S/C17H15F6NO2/c1-15(25,17(21,22)23)24-13-6-3-7-14(9-13)26-10-11-4-2-5-12(8-11)16(18,19)20/h2-9,24-25H,10H2,1H3. The maximum absolute atomic E-state index is 12.7. The fourth-order valence-electron chi connectivity index (χ4n) is 2.02. The molecule has 0 aliphatic rings. The van der Waals surface area contributed by atoms with Crippen LogP contribution in [-0.4, -0.2) is 17.0 Å². The third-order valence-corrected chi connectivity index (χ3v) is 3.43. The predicted octanol–water partition coefficient (Wildman–Crippen LogP) is 4.97. The zero-order chi connectivity index (χ0) is 19.6. The van der Waals surface area contributed by atoms with Crippen LogP contribution in [0, 0.1) is 0 Å².